The van der Waals surface area contributed by atoms with Crippen LogP contribution in [0.1, 0.15) is 6.92 Å². The van der Waals surface area contributed by atoms with E-state index >= 15 is 0 Å². The first kappa shape index (κ1) is 14.7. The molecule has 1 heterocycles. The summed E-state index contributed by atoms with van der Waals surface area (Å²) in [7, 11) is 1.46. The van der Waals surface area contributed by atoms with Gasteiger partial charge in [0.05, 0.1) is 5.69 Å². The van der Waals surface area contributed by atoms with Gasteiger partial charge in [0.1, 0.15) is 0 Å². The number of pyridine rings is 1. The number of carbonyl (C=O) groups excluding carboxylic acids is 1. The highest BCUT2D eigenvalue weighted by molar-refractivity contribution is 5.90. The summed E-state index contributed by atoms with van der Waals surface area (Å²) < 4.78 is 32.4. The average Bonchev–Trinajstić information content (AvgIpc) is 2.43. The zero-order valence-corrected chi connectivity index (χ0v) is 11.4. The van der Waals surface area contributed by atoms with Crippen LogP contribution in [0.3, 0.4) is 0 Å². The molecule has 21 heavy (non-hydrogen) atoms. The standard InChI is InChI=1S/C14H13F2N3O2/c1-8(20)18-11-5-3-4-6-12(11)21-14-10(16)7-9(15)13(17-2)19-14/h3-7H,1-2H3,(H,17,19)(H,18,20). The molecule has 0 saturated carbocycles. The van der Waals surface area contributed by atoms with E-state index in [4.69, 9.17) is 4.74 Å². The van der Waals surface area contributed by atoms with E-state index in [9.17, 15) is 13.6 Å². The number of aromatic nitrogens is 1. The van der Waals surface area contributed by atoms with Crippen molar-refractivity contribution in [2.24, 2.45) is 0 Å². The maximum Gasteiger partial charge on any atom is 0.258 e. The molecule has 2 N–H and O–H groups in total. The van der Waals surface area contributed by atoms with Crippen LogP contribution >= 0.6 is 0 Å². The van der Waals surface area contributed by atoms with Crippen molar-refractivity contribution in [3.63, 3.8) is 0 Å². The molecule has 7 heteroatoms. The minimum Gasteiger partial charge on any atom is -0.434 e. The minimum atomic E-state index is -0.941. The van der Waals surface area contributed by atoms with Crippen LogP contribution in [0.2, 0.25) is 0 Å². The first-order chi connectivity index (χ1) is 10.0. The van der Waals surface area contributed by atoms with Gasteiger partial charge in [-0.15, -0.1) is 0 Å². The third-order valence-corrected chi connectivity index (χ3v) is 2.54. The number of benzene rings is 1. The predicted molar refractivity (Wildman–Crippen MR) is 74.5 cm³/mol. The fourth-order valence-corrected chi connectivity index (χ4v) is 1.65. The quantitative estimate of drug-likeness (QED) is 0.909. The summed E-state index contributed by atoms with van der Waals surface area (Å²) in [6.07, 6.45) is 0. The molecule has 2 aromatic rings. The Labute approximate surface area is 120 Å². The second-order valence-electron chi connectivity index (χ2n) is 4.14. The number of rotatable bonds is 4. The molecule has 1 amide bonds. The van der Waals surface area contributed by atoms with Gasteiger partial charge in [-0.2, -0.15) is 4.98 Å². The Kier molecular flexibility index (Phi) is 4.32. The van der Waals surface area contributed by atoms with Crippen molar-refractivity contribution in [2.45, 2.75) is 6.92 Å². The summed E-state index contributed by atoms with van der Waals surface area (Å²) in [4.78, 5) is 14.8. The minimum absolute atomic E-state index is 0.136. The topological polar surface area (TPSA) is 63.3 Å². The van der Waals surface area contributed by atoms with Crippen LogP contribution in [0.4, 0.5) is 20.3 Å². The molecular weight excluding hydrogens is 280 g/mol. The summed E-state index contributed by atoms with van der Waals surface area (Å²) in [5.74, 6) is -2.38. The van der Waals surface area contributed by atoms with Crippen LogP contribution in [-0.2, 0) is 4.79 Å². The molecule has 0 fully saturated rings. The average molecular weight is 293 g/mol. The van der Waals surface area contributed by atoms with Crippen LogP contribution in [0.5, 0.6) is 11.6 Å². The van der Waals surface area contributed by atoms with Gasteiger partial charge in [0.25, 0.3) is 5.88 Å². The molecule has 0 saturated heterocycles. The number of anilines is 2. The first-order valence-corrected chi connectivity index (χ1v) is 6.09. The lowest BCUT2D eigenvalue weighted by Crippen LogP contribution is -2.07. The maximum absolute atomic E-state index is 13.7. The van der Waals surface area contributed by atoms with Crippen LogP contribution in [-0.4, -0.2) is 17.9 Å². The zero-order chi connectivity index (χ0) is 15.4. The van der Waals surface area contributed by atoms with E-state index < -0.39 is 17.5 Å². The molecule has 0 aliphatic carbocycles. The van der Waals surface area contributed by atoms with Gasteiger partial charge in [-0.3, -0.25) is 4.79 Å². The fraction of sp³-hybridized carbons (Fsp3) is 0.143. The van der Waals surface area contributed by atoms with E-state index in [-0.39, 0.29) is 17.5 Å². The van der Waals surface area contributed by atoms with Crippen molar-refractivity contribution in [1.82, 2.24) is 4.98 Å². The van der Waals surface area contributed by atoms with Crippen molar-refractivity contribution in [1.29, 1.82) is 0 Å². The number of amides is 1. The van der Waals surface area contributed by atoms with E-state index in [2.05, 4.69) is 15.6 Å². The van der Waals surface area contributed by atoms with Gasteiger partial charge >= 0.3 is 0 Å². The second-order valence-corrected chi connectivity index (χ2v) is 4.14. The molecule has 0 aliphatic rings. The van der Waals surface area contributed by atoms with Gasteiger partial charge in [0.2, 0.25) is 5.91 Å². The molecule has 5 nitrogen and oxygen atoms in total. The number of halogens is 2. The summed E-state index contributed by atoms with van der Waals surface area (Å²) >= 11 is 0. The highest BCUT2D eigenvalue weighted by Gasteiger charge is 2.14. The van der Waals surface area contributed by atoms with E-state index in [0.29, 0.717) is 11.8 Å². The Hall–Kier alpha value is -2.70. The number of hydrogen-bond acceptors (Lipinski definition) is 4. The number of para-hydroxylation sites is 2. The van der Waals surface area contributed by atoms with Gasteiger partial charge in [0, 0.05) is 20.0 Å². The number of hydrogen-bond donors (Lipinski definition) is 2. The van der Waals surface area contributed by atoms with E-state index in [1.807, 2.05) is 0 Å². The molecule has 0 aliphatic heterocycles. The molecule has 0 radical (unpaired) electrons. The number of nitrogens with one attached hydrogen (secondary N) is 2. The number of nitrogens with zero attached hydrogens (tertiary/aromatic N) is 1. The van der Waals surface area contributed by atoms with Gasteiger partial charge in [0.15, 0.2) is 23.2 Å². The van der Waals surface area contributed by atoms with Crippen LogP contribution < -0.4 is 15.4 Å². The molecule has 1 aromatic heterocycles. The first-order valence-electron chi connectivity index (χ1n) is 6.09. The van der Waals surface area contributed by atoms with Crippen molar-refractivity contribution >= 4 is 17.4 Å². The lowest BCUT2D eigenvalue weighted by Gasteiger charge is -2.12. The Balaban J connectivity index is 2.36. The molecule has 0 bridgehead atoms. The lowest BCUT2D eigenvalue weighted by atomic mass is 10.3. The lowest BCUT2D eigenvalue weighted by molar-refractivity contribution is -0.114. The second kappa shape index (κ2) is 6.17. The Bertz CT molecular complexity index is 677. The maximum atomic E-state index is 13.7. The largest absolute Gasteiger partial charge is 0.434 e. The smallest absolute Gasteiger partial charge is 0.258 e. The van der Waals surface area contributed by atoms with Gasteiger partial charge in [-0.25, -0.2) is 8.78 Å². The highest BCUT2D eigenvalue weighted by Crippen LogP contribution is 2.31. The molecule has 0 atom stereocenters. The Morgan fingerprint density at radius 2 is 1.95 bits per heavy atom. The number of ether oxygens (including phenoxy) is 1. The van der Waals surface area contributed by atoms with Crippen LogP contribution in [0.15, 0.2) is 30.3 Å². The predicted octanol–water partition coefficient (Wildman–Crippen LogP) is 3.15. The van der Waals surface area contributed by atoms with Gasteiger partial charge in [-0.05, 0) is 12.1 Å². The van der Waals surface area contributed by atoms with Crippen LogP contribution in [0, 0.1) is 11.6 Å². The summed E-state index contributed by atoms with van der Waals surface area (Å²) in [6, 6.07) is 7.15. The van der Waals surface area contributed by atoms with Gasteiger partial charge < -0.3 is 15.4 Å². The van der Waals surface area contributed by atoms with Crippen molar-refractivity contribution in [2.75, 3.05) is 17.7 Å². The van der Waals surface area contributed by atoms with Crippen molar-refractivity contribution in [3.05, 3.63) is 42.0 Å². The normalized spacial score (nSPS) is 10.1. The van der Waals surface area contributed by atoms with E-state index in [1.54, 1.807) is 18.2 Å². The monoisotopic (exact) mass is 293 g/mol. The molecule has 0 spiro atoms. The Morgan fingerprint density at radius 1 is 1.24 bits per heavy atom. The van der Waals surface area contributed by atoms with E-state index in [1.165, 1.54) is 20.0 Å². The molecule has 1 aromatic carbocycles. The molecule has 110 valence electrons. The summed E-state index contributed by atoms with van der Waals surface area (Å²) in [5.41, 5.74) is 0.363. The third kappa shape index (κ3) is 3.44. The zero-order valence-electron chi connectivity index (χ0n) is 11.4. The van der Waals surface area contributed by atoms with E-state index in [0.717, 1.165) is 0 Å². The van der Waals surface area contributed by atoms with Crippen molar-refractivity contribution < 1.29 is 18.3 Å². The van der Waals surface area contributed by atoms with Crippen LogP contribution in [0.25, 0.3) is 0 Å². The van der Waals surface area contributed by atoms with Crippen molar-refractivity contribution in [3.8, 4) is 11.6 Å². The molecule has 0 unspecified atom stereocenters. The Morgan fingerprint density at radius 3 is 2.62 bits per heavy atom. The molecular formula is C14H13F2N3O2. The molecule has 2 rings (SSSR count). The number of carbonyl (C=O) groups is 1. The van der Waals surface area contributed by atoms with Gasteiger partial charge in [-0.1, -0.05) is 12.1 Å². The SMILES string of the molecule is CNc1nc(Oc2ccccc2NC(C)=O)c(F)cc1F. The summed E-state index contributed by atoms with van der Waals surface area (Å²) in [6.45, 7) is 1.34. The highest BCUT2D eigenvalue weighted by atomic mass is 19.1. The summed E-state index contributed by atoms with van der Waals surface area (Å²) in [5, 5.41) is 5.04. The fourth-order valence-electron chi connectivity index (χ4n) is 1.65. The third-order valence-electron chi connectivity index (χ3n) is 2.54.